The average Bonchev–Trinajstić information content (AvgIpc) is 2.60. The maximum atomic E-state index is 11.5. The SMILES string of the molecule is O=C(CBr)N1CCC2NCCCC21. The van der Waals surface area contributed by atoms with E-state index >= 15 is 0 Å². The Morgan fingerprint density at radius 3 is 3.15 bits per heavy atom. The predicted molar refractivity (Wildman–Crippen MR) is 54.9 cm³/mol. The molecule has 0 radical (unpaired) electrons. The Labute approximate surface area is 87.0 Å². The summed E-state index contributed by atoms with van der Waals surface area (Å²) in [7, 11) is 0. The van der Waals surface area contributed by atoms with Crippen molar-refractivity contribution in [2.24, 2.45) is 0 Å². The third-order valence-corrected chi connectivity index (χ3v) is 3.54. The van der Waals surface area contributed by atoms with Crippen LogP contribution in [0.25, 0.3) is 0 Å². The minimum Gasteiger partial charge on any atom is -0.337 e. The molecule has 3 nitrogen and oxygen atoms in total. The number of hydrogen-bond donors (Lipinski definition) is 1. The highest BCUT2D eigenvalue weighted by molar-refractivity contribution is 9.09. The number of carbonyl (C=O) groups is 1. The number of amides is 1. The Morgan fingerprint density at radius 2 is 2.38 bits per heavy atom. The van der Waals surface area contributed by atoms with Gasteiger partial charge in [0, 0.05) is 18.6 Å². The van der Waals surface area contributed by atoms with Crippen LogP contribution in [0.1, 0.15) is 19.3 Å². The van der Waals surface area contributed by atoms with Gasteiger partial charge in [-0.15, -0.1) is 0 Å². The van der Waals surface area contributed by atoms with Crippen molar-refractivity contribution < 1.29 is 4.79 Å². The van der Waals surface area contributed by atoms with E-state index < -0.39 is 0 Å². The van der Waals surface area contributed by atoms with Crippen LogP contribution in [0.3, 0.4) is 0 Å². The van der Waals surface area contributed by atoms with Gasteiger partial charge >= 0.3 is 0 Å². The smallest absolute Gasteiger partial charge is 0.233 e. The molecule has 0 aromatic rings. The van der Waals surface area contributed by atoms with E-state index in [9.17, 15) is 4.79 Å². The standard InChI is InChI=1S/C9H15BrN2O/c10-6-9(13)12-5-3-7-8(12)2-1-4-11-7/h7-8,11H,1-6H2. The zero-order chi connectivity index (χ0) is 9.26. The van der Waals surface area contributed by atoms with Crippen molar-refractivity contribution in [1.82, 2.24) is 10.2 Å². The molecule has 0 aliphatic carbocycles. The Balaban J connectivity index is 2.02. The predicted octanol–water partition coefficient (Wildman–Crippen LogP) is 0.734. The second kappa shape index (κ2) is 3.96. The highest BCUT2D eigenvalue weighted by Gasteiger charge is 2.37. The van der Waals surface area contributed by atoms with Gasteiger partial charge in [0.15, 0.2) is 0 Å². The van der Waals surface area contributed by atoms with Gasteiger partial charge < -0.3 is 10.2 Å². The molecule has 2 fully saturated rings. The van der Waals surface area contributed by atoms with Crippen molar-refractivity contribution >= 4 is 21.8 Å². The summed E-state index contributed by atoms with van der Waals surface area (Å²) < 4.78 is 0. The molecule has 1 N–H and O–H groups in total. The summed E-state index contributed by atoms with van der Waals surface area (Å²) in [6.07, 6.45) is 3.51. The second-order valence-corrected chi connectivity index (χ2v) is 4.34. The molecule has 0 aromatic heterocycles. The van der Waals surface area contributed by atoms with Crippen LogP contribution in [0.4, 0.5) is 0 Å². The average molecular weight is 247 g/mol. The van der Waals surface area contributed by atoms with E-state index in [2.05, 4.69) is 21.2 Å². The lowest BCUT2D eigenvalue weighted by molar-refractivity contribution is -0.129. The third-order valence-electron chi connectivity index (χ3n) is 3.06. The number of halogens is 1. The van der Waals surface area contributed by atoms with Crippen LogP contribution in [0, 0.1) is 0 Å². The van der Waals surface area contributed by atoms with Crippen molar-refractivity contribution in [1.29, 1.82) is 0 Å². The summed E-state index contributed by atoms with van der Waals surface area (Å²) >= 11 is 3.23. The number of nitrogens with zero attached hydrogens (tertiary/aromatic N) is 1. The molecular weight excluding hydrogens is 232 g/mol. The van der Waals surface area contributed by atoms with E-state index in [-0.39, 0.29) is 5.91 Å². The first-order valence-electron chi connectivity index (χ1n) is 4.92. The molecule has 2 unspecified atom stereocenters. The maximum absolute atomic E-state index is 11.5. The van der Waals surface area contributed by atoms with Gasteiger partial charge in [-0.3, -0.25) is 4.79 Å². The molecule has 0 spiro atoms. The van der Waals surface area contributed by atoms with E-state index in [4.69, 9.17) is 0 Å². The summed E-state index contributed by atoms with van der Waals surface area (Å²) in [5.74, 6) is 0.246. The van der Waals surface area contributed by atoms with Crippen molar-refractivity contribution in [3.63, 3.8) is 0 Å². The van der Waals surface area contributed by atoms with Gasteiger partial charge in [0.25, 0.3) is 0 Å². The summed E-state index contributed by atoms with van der Waals surface area (Å²) in [4.78, 5) is 13.6. The van der Waals surface area contributed by atoms with Crippen LogP contribution in [0.5, 0.6) is 0 Å². The zero-order valence-corrected chi connectivity index (χ0v) is 9.22. The molecule has 2 saturated heterocycles. The van der Waals surface area contributed by atoms with Gasteiger partial charge in [-0.05, 0) is 25.8 Å². The second-order valence-electron chi connectivity index (χ2n) is 3.78. The highest BCUT2D eigenvalue weighted by atomic mass is 79.9. The molecule has 2 aliphatic heterocycles. The van der Waals surface area contributed by atoms with Gasteiger partial charge in [-0.1, -0.05) is 15.9 Å². The fraction of sp³-hybridized carbons (Fsp3) is 0.889. The van der Waals surface area contributed by atoms with Gasteiger partial charge in [0.05, 0.1) is 5.33 Å². The largest absolute Gasteiger partial charge is 0.337 e. The van der Waals surface area contributed by atoms with Crippen molar-refractivity contribution in [2.45, 2.75) is 31.3 Å². The normalized spacial score (nSPS) is 33.2. The molecule has 74 valence electrons. The highest BCUT2D eigenvalue weighted by Crippen LogP contribution is 2.25. The van der Waals surface area contributed by atoms with E-state index in [1.165, 1.54) is 12.8 Å². The molecule has 4 heteroatoms. The summed E-state index contributed by atoms with van der Waals surface area (Å²) in [5.41, 5.74) is 0. The van der Waals surface area contributed by atoms with E-state index in [0.29, 0.717) is 17.4 Å². The lowest BCUT2D eigenvalue weighted by Crippen LogP contribution is -2.48. The topological polar surface area (TPSA) is 32.3 Å². The number of likely N-dealkylation sites (tertiary alicyclic amines) is 1. The van der Waals surface area contributed by atoms with Crippen LogP contribution < -0.4 is 5.32 Å². The number of carbonyl (C=O) groups excluding carboxylic acids is 1. The molecule has 13 heavy (non-hydrogen) atoms. The number of fused-ring (bicyclic) bond motifs is 1. The summed E-state index contributed by atoms with van der Waals surface area (Å²) in [6.45, 7) is 2.06. The minimum absolute atomic E-state index is 0.246. The van der Waals surface area contributed by atoms with Gasteiger partial charge in [-0.25, -0.2) is 0 Å². The van der Waals surface area contributed by atoms with Crippen molar-refractivity contribution in [3.05, 3.63) is 0 Å². The first-order chi connectivity index (χ1) is 6.33. The molecule has 0 saturated carbocycles. The number of nitrogens with one attached hydrogen (secondary N) is 1. The van der Waals surface area contributed by atoms with Crippen LogP contribution in [-0.2, 0) is 4.79 Å². The first kappa shape index (κ1) is 9.46. The van der Waals surface area contributed by atoms with Crippen LogP contribution >= 0.6 is 15.9 Å². The number of alkyl halides is 1. The summed E-state index contributed by atoms with van der Waals surface area (Å²) in [6, 6.07) is 1.04. The number of hydrogen-bond acceptors (Lipinski definition) is 2. The molecule has 2 rings (SSSR count). The fourth-order valence-corrected chi connectivity index (χ4v) is 2.76. The Kier molecular flexibility index (Phi) is 2.89. The summed E-state index contributed by atoms with van der Waals surface area (Å²) in [5, 5.41) is 3.95. The quantitative estimate of drug-likeness (QED) is 0.693. The molecule has 0 bridgehead atoms. The Bertz CT molecular complexity index is 210. The Hall–Kier alpha value is -0.0900. The molecule has 2 heterocycles. The van der Waals surface area contributed by atoms with E-state index in [0.717, 1.165) is 19.5 Å². The first-order valence-corrected chi connectivity index (χ1v) is 6.04. The maximum Gasteiger partial charge on any atom is 0.233 e. The van der Waals surface area contributed by atoms with Crippen LogP contribution in [0.15, 0.2) is 0 Å². The lowest BCUT2D eigenvalue weighted by atomic mass is 9.99. The zero-order valence-electron chi connectivity index (χ0n) is 7.63. The third kappa shape index (κ3) is 1.74. The number of piperidine rings is 1. The van der Waals surface area contributed by atoms with Crippen molar-refractivity contribution in [3.8, 4) is 0 Å². The van der Waals surface area contributed by atoms with Crippen LogP contribution in [0.2, 0.25) is 0 Å². The molecule has 2 aliphatic rings. The van der Waals surface area contributed by atoms with Crippen LogP contribution in [-0.4, -0.2) is 41.3 Å². The number of rotatable bonds is 1. The molecule has 2 atom stereocenters. The lowest BCUT2D eigenvalue weighted by Gasteiger charge is -2.32. The van der Waals surface area contributed by atoms with E-state index in [1.54, 1.807) is 0 Å². The van der Waals surface area contributed by atoms with Crippen molar-refractivity contribution in [2.75, 3.05) is 18.4 Å². The molecule has 1 amide bonds. The fourth-order valence-electron chi connectivity index (χ4n) is 2.43. The minimum atomic E-state index is 0.246. The van der Waals surface area contributed by atoms with Gasteiger partial charge in [0.1, 0.15) is 0 Å². The molecular formula is C9H15BrN2O. The Morgan fingerprint density at radius 1 is 1.54 bits per heavy atom. The van der Waals surface area contributed by atoms with E-state index in [1.807, 2.05) is 4.90 Å². The molecule has 0 aromatic carbocycles. The van der Waals surface area contributed by atoms with Gasteiger partial charge in [-0.2, -0.15) is 0 Å². The monoisotopic (exact) mass is 246 g/mol. The van der Waals surface area contributed by atoms with Gasteiger partial charge in [0.2, 0.25) is 5.91 Å².